The molecule has 2 aromatic carbocycles. The summed E-state index contributed by atoms with van der Waals surface area (Å²) in [4.78, 5) is 17.2. The van der Waals surface area contributed by atoms with Crippen LogP contribution in [0.25, 0.3) is 0 Å². The number of amides is 1. The summed E-state index contributed by atoms with van der Waals surface area (Å²) in [5, 5.41) is 31.5. The first-order valence-electron chi connectivity index (χ1n) is 16.2. The summed E-state index contributed by atoms with van der Waals surface area (Å²) >= 11 is 6.38. The van der Waals surface area contributed by atoms with Crippen LogP contribution in [-0.4, -0.2) is 96.9 Å². The molecule has 4 N–H and O–H groups in total. The number of anilines is 1. The highest BCUT2D eigenvalue weighted by molar-refractivity contribution is 7.90. The maximum absolute atomic E-state index is 16.4. The Morgan fingerprint density at radius 3 is 2.68 bits per heavy atom. The van der Waals surface area contributed by atoms with Gasteiger partial charge in [-0.2, -0.15) is 0 Å². The molecule has 0 unspecified atom stereocenters. The van der Waals surface area contributed by atoms with Gasteiger partial charge >= 0.3 is 0 Å². The number of ether oxygens (including phenoxy) is 1. The third-order valence-corrected chi connectivity index (χ3v) is 13.1. The van der Waals surface area contributed by atoms with E-state index in [9.17, 15) is 28.5 Å². The summed E-state index contributed by atoms with van der Waals surface area (Å²) < 4.78 is 51.7. The monoisotopic (exact) mass is 691 g/mol. The Balaban J connectivity index is 1.49. The molecule has 256 valence electrons. The van der Waals surface area contributed by atoms with Crippen molar-refractivity contribution in [2.75, 3.05) is 44.4 Å². The van der Waals surface area contributed by atoms with Crippen molar-refractivity contribution in [2.45, 2.75) is 74.3 Å². The Labute approximate surface area is 280 Å². The number of fused-ring (bicyclic) bond motifs is 4. The molecule has 3 aliphatic heterocycles. The van der Waals surface area contributed by atoms with Crippen LogP contribution in [0.2, 0.25) is 5.02 Å². The number of carbonyl (C=O) groups is 1. The largest absolute Gasteiger partial charge is 0.490 e. The lowest BCUT2D eigenvalue weighted by Gasteiger charge is -2.55. The van der Waals surface area contributed by atoms with Gasteiger partial charge in [-0.3, -0.25) is 9.69 Å². The van der Waals surface area contributed by atoms with Gasteiger partial charge in [-0.15, -0.1) is 0 Å². The van der Waals surface area contributed by atoms with Crippen molar-refractivity contribution in [3.63, 3.8) is 0 Å². The number of sulfonamides is 1. The Morgan fingerprint density at radius 1 is 1.19 bits per heavy atom. The molecule has 1 fully saturated rings. The summed E-state index contributed by atoms with van der Waals surface area (Å²) in [5.41, 5.74) is 0.625. The predicted molar refractivity (Wildman–Crippen MR) is 177 cm³/mol. The van der Waals surface area contributed by atoms with Crippen LogP contribution in [0.1, 0.15) is 61.0 Å². The lowest BCUT2D eigenvalue weighted by molar-refractivity contribution is -0.119. The Hall–Kier alpha value is -2.74. The number of carbonyl (C=O) groups excluding carboxylic acids is 1. The minimum Gasteiger partial charge on any atom is -0.490 e. The van der Waals surface area contributed by atoms with Gasteiger partial charge in [0, 0.05) is 41.7 Å². The number of aliphatic hydroxyl groups excluding tert-OH is 3. The molecule has 47 heavy (non-hydrogen) atoms. The number of aryl methyl sites for hydroxylation is 1. The maximum Gasteiger partial charge on any atom is 0.264 e. The van der Waals surface area contributed by atoms with Crippen molar-refractivity contribution in [2.24, 2.45) is 5.92 Å². The van der Waals surface area contributed by atoms with Crippen LogP contribution in [0, 0.1) is 5.92 Å². The lowest BCUT2D eigenvalue weighted by Crippen LogP contribution is -2.70. The molecule has 10 nitrogen and oxygen atoms in total. The Bertz CT molecular complexity index is 1670. The van der Waals surface area contributed by atoms with E-state index in [1.807, 2.05) is 18.2 Å². The van der Waals surface area contributed by atoms with Crippen molar-refractivity contribution < 1.29 is 37.7 Å². The molecule has 4 aliphatic rings. The molecule has 1 spiro atoms. The molecular formula is C34H43ClFN3O7S. The fraction of sp³-hybridized carbons (Fsp3) is 0.559. The first-order valence-corrected chi connectivity index (χ1v) is 18.2. The van der Waals surface area contributed by atoms with Crippen LogP contribution in [0.3, 0.4) is 0 Å². The quantitative estimate of drug-likeness (QED) is 0.382. The SMILES string of the molecule is C[C@@H]1[C@@H](C)C/C=C(\F)[C@](CO)([C@@H](O)CO)N2CC[C@H]2CN2C[C@@]3(CCCc4cc(Cl)ccc43)COc3ccc(cc32)C(=O)NS1(=O)=O. The lowest BCUT2D eigenvalue weighted by atomic mass is 9.70. The molecule has 1 saturated heterocycles. The third-order valence-electron chi connectivity index (χ3n) is 11.0. The van der Waals surface area contributed by atoms with E-state index in [1.54, 1.807) is 30.0 Å². The summed E-state index contributed by atoms with van der Waals surface area (Å²) in [5.74, 6) is -1.72. The first kappa shape index (κ1) is 34.1. The molecule has 0 aromatic heterocycles. The van der Waals surface area contributed by atoms with Crippen molar-refractivity contribution >= 4 is 33.2 Å². The number of allylic oxidation sites excluding steroid dienone is 1. The second-order valence-corrected chi connectivity index (χ2v) is 16.1. The molecule has 2 bridgehead atoms. The number of aliphatic hydroxyl groups is 3. The van der Waals surface area contributed by atoms with E-state index in [4.69, 9.17) is 16.3 Å². The molecule has 3 heterocycles. The summed E-state index contributed by atoms with van der Waals surface area (Å²) in [6, 6.07) is 10.4. The van der Waals surface area contributed by atoms with E-state index in [-0.39, 0.29) is 18.0 Å². The van der Waals surface area contributed by atoms with Gasteiger partial charge in [-0.25, -0.2) is 17.5 Å². The highest BCUT2D eigenvalue weighted by Gasteiger charge is 2.53. The van der Waals surface area contributed by atoms with Gasteiger partial charge in [-0.1, -0.05) is 30.7 Å². The Morgan fingerprint density at radius 2 is 1.98 bits per heavy atom. The average Bonchev–Trinajstić information content (AvgIpc) is 3.19. The second kappa shape index (κ2) is 12.9. The van der Waals surface area contributed by atoms with E-state index in [0.717, 1.165) is 30.4 Å². The molecule has 1 amide bonds. The molecule has 0 radical (unpaired) electrons. The number of nitrogens with one attached hydrogen (secondary N) is 1. The van der Waals surface area contributed by atoms with Crippen LogP contribution in [-0.2, 0) is 21.9 Å². The molecule has 0 saturated carbocycles. The highest BCUT2D eigenvalue weighted by Crippen LogP contribution is 2.46. The average molecular weight is 692 g/mol. The van der Waals surface area contributed by atoms with E-state index < -0.39 is 63.2 Å². The number of hydrogen-bond acceptors (Lipinski definition) is 9. The first-order chi connectivity index (χ1) is 22.3. The smallest absolute Gasteiger partial charge is 0.264 e. The fourth-order valence-electron chi connectivity index (χ4n) is 7.82. The molecule has 1 aliphatic carbocycles. The standard InChI is InChI=1S/C34H43ClFN3O7S/c1-21-5-10-30(36)34(19-41,31(42)17-40)39-13-11-26(39)16-38-18-33(12-3-4-23-14-25(35)7-8-27(23)33)20-46-29-9-6-24(15-28(29)38)32(43)37-47(44,45)22(21)2/h6-10,14-15,21-22,26,31,40-42H,3-5,11-13,16-20H2,1-2H3,(H,37,43)/b30-10-/t21-,22+,26-,31-,33-,34+/m0/s1. The van der Waals surface area contributed by atoms with Crippen LogP contribution >= 0.6 is 11.6 Å². The van der Waals surface area contributed by atoms with Crippen LogP contribution in [0.4, 0.5) is 10.1 Å². The zero-order valence-electron chi connectivity index (χ0n) is 26.7. The van der Waals surface area contributed by atoms with Crippen molar-refractivity contribution in [3.8, 4) is 5.75 Å². The predicted octanol–water partition coefficient (Wildman–Crippen LogP) is 3.31. The number of rotatable bonds is 3. The van der Waals surface area contributed by atoms with Gasteiger partial charge in [0.1, 0.15) is 23.2 Å². The van der Waals surface area contributed by atoms with Gasteiger partial charge in [0.25, 0.3) is 5.91 Å². The van der Waals surface area contributed by atoms with Gasteiger partial charge in [0.2, 0.25) is 10.0 Å². The highest BCUT2D eigenvalue weighted by atomic mass is 35.5. The molecule has 6 rings (SSSR count). The molecular weight excluding hydrogens is 649 g/mol. The van der Waals surface area contributed by atoms with Gasteiger partial charge < -0.3 is 25.0 Å². The normalized spacial score (nSPS) is 32.8. The summed E-state index contributed by atoms with van der Waals surface area (Å²) in [6.45, 7) is 3.00. The summed E-state index contributed by atoms with van der Waals surface area (Å²) in [6.07, 6.45) is 2.73. The zero-order chi connectivity index (χ0) is 33.7. The van der Waals surface area contributed by atoms with Gasteiger partial charge in [0.15, 0.2) is 0 Å². The van der Waals surface area contributed by atoms with Gasteiger partial charge in [-0.05, 0) is 86.4 Å². The van der Waals surface area contributed by atoms with Crippen LogP contribution < -0.4 is 14.4 Å². The van der Waals surface area contributed by atoms with Crippen LogP contribution in [0.5, 0.6) is 5.75 Å². The Kier molecular flexibility index (Phi) is 9.40. The van der Waals surface area contributed by atoms with Crippen molar-refractivity contribution in [1.82, 2.24) is 9.62 Å². The van der Waals surface area contributed by atoms with Crippen molar-refractivity contribution in [3.05, 3.63) is 70.0 Å². The topological polar surface area (TPSA) is 140 Å². The third kappa shape index (κ3) is 5.95. The zero-order valence-corrected chi connectivity index (χ0v) is 28.2. The number of hydrogen-bond donors (Lipinski definition) is 4. The minimum absolute atomic E-state index is 0.0469. The number of benzene rings is 2. The van der Waals surface area contributed by atoms with E-state index >= 15 is 4.39 Å². The molecule has 2 aromatic rings. The van der Waals surface area contributed by atoms with E-state index in [0.29, 0.717) is 49.1 Å². The number of nitrogens with zero attached hydrogens (tertiary/aromatic N) is 2. The minimum atomic E-state index is -4.17. The van der Waals surface area contributed by atoms with Crippen LogP contribution in [0.15, 0.2) is 48.3 Å². The van der Waals surface area contributed by atoms with E-state index in [1.165, 1.54) is 13.0 Å². The van der Waals surface area contributed by atoms with Crippen molar-refractivity contribution in [1.29, 1.82) is 0 Å². The fourth-order valence-corrected chi connectivity index (χ4v) is 9.30. The van der Waals surface area contributed by atoms with E-state index in [2.05, 4.69) is 9.62 Å². The molecule has 6 atom stereocenters. The van der Waals surface area contributed by atoms with Gasteiger partial charge in [0.05, 0.1) is 30.8 Å². The summed E-state index contributed by atoms with van der Waals surface area (Å²) in [7, 11) is -4.17. The maximum atomic E-state index is 16.4. The second-order valence-electron chi connectivity index (χ2n) is 13.7. The molecule has 13 heteroatoms. The number of halogens is 2.